The summed E-state index contributed by atoms with van der Waals surface area (Å²) < 4.78 is 5.20. The number of hydrogen-bond acceptors (Lipinski definition) is 3. The molecule has 1 aliphatic heterocycles. The normalized spacial score (nSPS) is 17.9. The number of carbonyl (C=O) groups is 2. The van der Waals surface area contributed by atoms with Crippen LogP contribution in [0.1, 0.15) is 23.2 Å². The lowest BCUT2D eigenvalue weighted by molar-refractivity contribution is -0.124. The minimum atomic E-state index is -0.420. The molecule has 108 valence electrons. The van der Waals surface area contributed by atoms with E-state index in [0.29, 0.717) is 29.3 Å². The second kappa shape index (κ2) is 6.13. The number of amides is 2. The first-order valence-electron chi connectivity index (χ1n) is 6.44. The van der Waals surface area contributed by atoms with Crippen LogP contribution in [-0.2, 0) is 4.79 Å². The highest BCUT2D eigenvalue weighted by atomic mass is 35.5. The first-order valence-corrected chi connectivity index (χ1v) is 6.82. The Balaban J connectivity index is 2.31. The third-order valence-corrected chi connectivity index (χ3v) is 3.69. The molecule has 1 atom stereocenters. The summed E-state index contributed by atoms with van der Waals surface area (Å²) in [5, 5.41) is 3.06. The van der Waals surface area contributed by atoms with Crippen LogP contribution in [0.4, 0.5) is 0 Å². The van der Waals surface area contributed by atoms with Crippen LogP contribution in [0.15, 0.2) is 18.2 Å². The van der Waals surface area contributed by atoms with Gasteiger partial charge in [-0.05, 0) is 31.0 Å². The summed E-state index contributed by atoms with van der Waals surface area (Å²) in [7, 11) is 3.07. The number of carbonyl (C=O) groups excluding carboxylic acids is 2. The third kappa shape index (κ3) is 2.72. The molecule has 20 heavy (non-hydrogen) atoms. The zero-order chi connectivity index (χ0) is 14.7. The van der Waals surface area contributed by atoms with Crippen molar-refractivity contribution < 1.29 is 14.3 Å². The summed E-state index contributed by atoms with van der Waals surface area (Å²) >= 11 is 5.95. The fraction of sp³-hybridized carbons (Fsp3) is 0.429. The molecule has 2 amide bonds. The van der Waals surface area contributed by atoms with E-state index >= 15 is 0 Å². The van der Waals surface area contributed by atoms with Crippen LogP contribution >= 0.6 is 11.6 Å². The van der Waals surface area contributed by atoms with Crippen LogP contribution in [-0.4, -0.2) is 43.5 Å². The number of nitrogens with one attached hydrogen (secondary N) is 1. The summed E-state index contributed by atoms with van der Waals surface area (Å²) in [5.41, 5.74) is 0.385. The quantitative estimate of drug-likeness (QED) is 0.923. The van der Waals surface area contributed by atoms with Gasteiger partial charge in [-0.25, -0.2) is 0 Å². The van der Waals surface area contributed by atoms with Crippen molar-refractivity contribution in [3.05, 3.63) is 28.8 Å². The molecule has 1 aromatic carbocycles. The van der Waals surface area contributed by atoms with Gasteiger partial charge < -0.3 is 15.0 Å². The van der Waals surface area contributed by atoms with Gasteiger partial charge in [0, 0.05) is 18.6 Å². The summed E-state index contributed by atoms with van der Waals surface area (Å²) in [4.78, 5) is 26.0. The molecule has 2 rings (SSSR count). The summed E-state index contributed by atoms with van der Waals surface area (Å²) in [5.74, 6) is 0.0919. The molecule has 5 nitrogen and oxygen atoms in total. The molecule has 1 aliphatic rings. The topological polar surface area (TPSA) is 58.6 Å². The van der Waals surface area contributed by atoms with Gasteiger partial charge in [-0.1, -0.05) is 11.6 Å². The molecule has 0 radical (unpaired) electrons. The molecule has 0 aromatic heterocycles. The number of halogens is 1. The van der Waals surface area contributed by atoms with Crippen molar-refractivity contribution in [3.63, 3.8) is 0 Å². The molecular weight excluding hydrogens is 280 g/mol. The van der Waals surface area contributed by atoms with Gasteiger partial charge in [0.1, 0.15) is 11.8 Å². The van der Waals surface area contributed by atoms with Crippen molar-refractivity contribution in [1.82, 2.24) is 10.2 Å². The Morgan fingerprint density at radius 1 is 1.45 bits per heavy atom. The number of benzene rings is 1. The highest BCUT2D eigenvalue weighted by Gasteiger charge is 2.35. The van der Waals surface area contributed by atoms with Crippen LogP contribution in [0, 0.1) is 0 Å². The van der Waals surface area contributed by atoms with Gasteiger partial charge in [0.2, 0.25) is 5.91 Å². The smallest absolute Gasteiger partial charge is 0.258 e. The number of hydrogen-bond donors (Lipinski definition) is 1. The molecular formula is C14H17ClN2O3. The molecule has 1 unspecified atom stereocenters. The predicted molar refractivity (Wildman–Crippen MR) is 76.1 cm³/mol. The Hall–Kier alpha value is -1.75. The molecule has 0 saturated carbocycles. The van der Waals surface area contributed by atoms with Crippen LogP contribution in [0.3, 0.4) is 0 Å². The van der Waals surface area contributed by atoms with Crippen LogP contribution in [0.5, 0.6) is 5.75 Å². The van der Waals surface area contributed by atoms with Crippen molar-refractivity contribution in [2.45, 2.75) is 18.9 Å². The second-order valence-corrected chi connectivity index (χ2v) is 5.05. The van der Waals surface area contributed by atoms with Crippen molar-refractivity contribution in [2.24, 2.45) is 0 Å². The lowest BCUT2D eigenvalue weighted by atomic mass is 10.1. The lowest BCUT2D eigenvalue weighted by Gasteiger charge is -2.24. The highest BCUT2D eigenvalue weighted by Crippen LogP contribution is 2.27. The second-order valence-electron chi connectivity index (χ2n) is 4.62. The Labute approximate surface area is 122 Å². The van der Waals surface area contributed by atoms with E-state index in [4.69, 9.17) is 16.3 Å². The number of ether oxygens (including phenoxy) is 1. The van der Waals surface area contributed by atoms with Crippen LogP contribution in [0.2, 0.25) is 5.02 Å². The van der Waals surface area contributed by atoms with E-state index in [1.807, 2.05) is 0 Å². The molecule has 0 bridgehead atoms. The number of nitrogens with zero attached hydrogens (tertiary/aromatic N) is 1. The summed E-state index contributed by atoms with van der Waals surface area (Å²) in [6.07, 6.45) is 1.49. The largest absolute Gasteiger partial charge is 0.496 e. The minimum Gasteiger partial charge on any atom is -0.496 e. The van der Waals surface area contributed by atoms with Crippen LogP contribution < -0.4 is 10.1 Å². The zero-order valence-electron chi connectivity index (χ0n) is 11.5. The summed E-state index contributed by atoms with van der Waals surface area (Å²) in [6, 6.07) is 4.47. The molecule has 1 heterocycles. The van der Waals surface area contributed by atoms with Crippen LogP contribution in [0.25, 0.3) is 0 Å². The van der Waals surface area contributed by atoms with Crippen molar-refractivity contribution in [1.29, 1.82) is 0 Å². The standard InChI is InChI=1S/C14H17ClN2O3/c1-16-13(18)11-4-3-7-17(11)14(19)10-8-9(15)5-6-12(10)20-2/h5-6,8,11H,3-4,7H2,1-2H3,(H,16,18). The Morgan fingerprint density at radius 3 is 2.85 bits per heavy atom. The Bertz CT molecular complexity index is 533. The molecule has 6 heteroatoms. The van der Waals surface area contributed by atoms with Gasteiger partial charge in [-0.15, -0.1) is 0 Å². The van der Waals surface area contributed by atoms with Gasteiger partial charge in [0.05, 0.1) is 12.7 Å². The number of likely N-dealkylation sites (tertiary alicyclic amines) is 1. The van der Waals surface area contributed by atoms with E-state index in [2.05, 4.69) is 5.32 Å². The Kier molecular flexibility index (Phi) is 4.49. The van der Waals surface area contributed by atoms with E-state index in [0.717, 1.165) is 6.42 Å². The SMILES string of the molecule is CNC(=O)C1CCCN1C(=O)c1cc(Cl)ccc1OC. The molecule has 0 spiro atoms. The number of methoxy groups -OCH3 is 1. The van der Waals surface area contributed by atoms with E-state index in [1.165, 1.54) is 7.11 Å². The average Bonchev–Trinajstić information content (AvgIpc) is 2.95. The van der Waals surface area contributed by atoms with E-state index < -0.39 is 6.04 Å². The van der Waals surface area contributed by atoms with E-state index in [-0.39, 0.29) is 11.8 Å². The van der Waals surface area contributed by atoms with Gasteiger partial charge in [0.25, 0.3) is 5.91 Å². The van der Waals surface area contributed by atoms with E-state index in [9.17, 15) is 9.59 Å². The maximum atomic E-state index is 12.6. The maximum absolute atomic E-state index is 12.6. The zero-order valence-corrected chi connectivity index (χ0v) is 12.2. The van der Waals surface area contributed by atoms with Crippen molar-refractivity contribution in [2.75, 3.05) is 20.7 Å². The monoisotopic (exact) mass is 296 g/mol. The first kappa shape index (κ1) is 14.7. The minimum absolute atomic E-state index is 0.142. The van der Waals surface area contributed by atoms with Gasteiger partial charge in [0.15, 0.2) is 0 Å². The third-order valence-electron chi connectivity index (χ3n) is 3.45. The highest BCUT2D eigenvalue weighted by molar-refractivity contribution is 6.31. The Morgan fingerprint density at radius 2 is 2.20 bits per heavy atom. The van der Waals surface area contributed by atoms with Crippen molar-refractivity contribution >= 4 is 23.4 Å². The number of likely N-dealkylation sites (N-methyl/N-ethyl adjacent to an activating group) is 1. The van der Waals surface area contributed by atoms with Gasteiger partial charge in [-0.3, -0.25) is 9.59 Å². The van der Waals surface area contributed by atoms with Crippen molar-refractivity contribution in [3.8, 4) is 5.75 Å². The van der Waals surface area contributed by atoms with Gasteiger partial charge >= 0.3 is 0 Å². The molecule has 0 aliphatic carbocycles. The molecule has 1 aromatic rings. The van der Waals surface area contributed by atoms with Gasteiger partial charge in [-0.2, -0.15) is 0 Å². The van der Waals surface area contributed by atoms with E-state index in [1.54, 1.807) is 30.1 Å². The maximum Gasteiger partial charge on any atom is 0.258 e. The molecule has 1 N–H and O–H groups in total. The summed E-state index contributed by atoms with van der Waals surface area (Å²) in [6.45, 7) is 0.562. The first-order chi connectivity index (χ1) is 9.58. The lowest BCUT2D eigenvalue weighted by Crippen LogP contribution is -2.45. The fourth-order valence-electron chi connectivity index (χ4n) is 2.45. The average molecular weight is 297 g/mol. The molecule has 1 fully saturated rings. The molecule has 1 saturated heterocycles. The number of rotatable bonds is 3. The predicted octanol–water partition coefficient (Wildman–Crippen LogP) is 1.70. The fourth-order valence-corrected chi connectivity index (χ4v) is 2.62.